The molecule has 0 N–H and O–H groups in total. The molecular formula is C72H43BN2S3. The zero-order valence-corrected chi connectivity index (χ0v) is 44.5. The Hall–Kier alpha value is -8.91. The molecule has 0 saturated carbocycles. The molecule has 0 aliphatic carbocycles. The van der Waals surface area contributed by atoms with Crippen molar-refractivity contribution in [1.29, 1.82) is 0 Å². The van der Waals surface area contributed by atoms with E-state index in [0.717, 1.165) is 11.4 Å². The maximum Gasteiger partial charge on any atom is 0.249 e. The second-order valence-corrected chi connectivity index (χ2v) is 23.9. The molecule has 0 spiro atoms. The van der Waals surface area contributed by atoms with Gasteiger partial charge in [-0.15, -0.1) is 22.7 Å². The van der Waals surface area contributed by atoms with Crippen molar-refractivity contribution in [3.05, 3.63) is 261 Å². The van der Waals surface area contributed by atoms with E-state index in [9.17, 15) is 0 Å². The zero-order chi connectivity index (χ0) is 51.0. The van der Waals surface area contributed by atoms with Crippen molar-refractivity contribution in [2.75, 3.05) is 4.90 Å². The van der Waals surface area contributed by atoms with Crippen LogP contribution >= 0.6 is 34.4 Å². The number of fused-ring (bicyclic) bond motifs is 13. The van der Waals surface area contributed by atoms with Crippen molar-refractivity contribution < 1.29 is 0 Å². The number of para-hydroxylation sites is 3. The first-order chi connectivity index (χ1) is 38.7. The summed E-state index contributed by atoms with van der Waals surface area (Å²) in [5.74, 6) is 0. The van der Waals surface area contributed by atoms with Crippen molar-refractivity contribution in [3.63, 3.8) is 0 Å². The molecule has 12 aromatic carbocycles. The molecule has 3 aromatic heterocycles. The van der Waals surface area contributed by atoms with Gasteiger partial charge in [0, 0.05) is 89.1 Å². The minimum atomic E-state index is -0.0385. The van der Waals surface area contributed by atoms with Gasteiger partial charge in [0.25, 0.3) is 0 Å². The first-order valence-corrected chi connectivity index (χ1v) is 29.1. The Morgan fingerprint density at radius 2 is 0.795 bits per heavy atom. The molecule has 0 amide bonds. The number of benzene rings is 12. The first kappa shape index (κ1) is 44.2. The van der Waals surface area contributed by atoms with Gasteiger partial charge in [-0.25, -0.2) is 0 Å². The van der Waals surface area contributed by atoms with Gasteiger partial charge in [0.2, 0.25) is 6.71 Å². The summed E-state index contributed by atoms with van der Waals surface area (Å²) in [6.07, 6.45) is 0. The fraction of sp³-hybridized carbons (Fsp3) is 0. The minimum Gasteiger partial charge on any atom is -0.310 e. The number of thiophene rings is 2. The Labute approximate surface area is 463 Å². The van der Waals surface area contributed by atoms with Crippen molar-refractivity contribution in [2.24, 2.45) is 0 Å². The normalized spacial score (nSPS) is 12.8. The predicted octanol–water partition coefficient (Wildman–Crippen LogP) is 19.0. The van der Waals surface area contributed by atoms with Gasteiger partial charge < -0.3 is 9.47 Å². The Morgan fingerprint density at radius 3 is 1.40 bits per heavy atom. The molecule has 2 aliphatic rings. The van der Waals surface area contributed by atoms with Gasteiger partial charge in [0.1, 0.15) is 0 Å². The summed E-state index contributed by atoms with van der Waals surface area (Å²) < 4.78 is 7.78. The molecule has 0 radical (unpaired) electrons. The molecule has 362 valence electrons. The molecule has 0 atom stereocenters. The number of nitrogens with zero attached hydrogens (tertiary/aromatic N) is 2. The molecule has 2 nitrogen and oxygen atoms in total. The summed E-state index contributed by atoms with van der Waals surface area (Å²) in [4.78, 5) is 5.22. The highest BCUT2D eigenvalue weighted by Gasteiger charge is 2.43. The highest BCUT2D eigenvalue weighted by molar-refractivity contribution is 8.00. The summed E-state index contributed by atoms with van der Waals surface area (Å²) >= 11 is 5.67. The number of aromatic nitrogens is 1. The molecular weight excluding hydrogens is 1000 g/mol. The summed E-state index contributed by atoms with van der Waals surface area (Å²) in [5, 5.41) is 7.74. The smallest absolute Gasteiger partial charge is 0.249 e. The van der Waals surface area contributed by atoms with E-state index >= 15 is 0 Å². The lowest BCUT2D eigenvalue weighted by Gasteiger charge is -2.42. The van der Waals surface area contributed by atoms with Crippen molar-refractivity contribution in [3.8, 4) is 50.2 Å². The lowest BCUT2D eigenvalue weighted by Crippen LogP contribution is -2.60. The average Bonchev–Trinajstić information content (AvgIpc) is 4.30. The van der Waals surface area contributed by atoms with Crippen molar-refractivity contribution in [2.45, 2.75) is 9.79 Å². The van der Waals surface area contributed by atoms with Gasteiger partial charge in [-0.05, 0) is 117 Å². The van der Waals surface area contributed by atoms with E-state index in [-0.39, 0.29) is 6.71 Å². The predicted molar refractivity (Wildman–Crippen MR) is 338 cm³/mol. The molecule has 5 heterocycles. The van der Waals surface area contributed by atoms with Crippen LogP contribution in [0.1, 0.15) is 0 Å². The topological polar surface area (TPSA) is 8.17 Å². The van der Waals surface area contributed by atoms with Crippen molar-refractivity contribution in [1.82, 2.24) is 4.57 Å². The molecule has 0 bridgehead atoms. The number of rotatable bonds is 6. The highest BCUT2D eigenvalue weighted by atomic mass is 32.2. The highest BCUT2D eigenvalue weighted by Crippen LogP contribution is 2.51. The van der Waals surface area contributed by atoms with E-state index in [4.69, 9.17) is 0 Å². The average molecular weight is 1040 g/mol. The van der Waals surface area contributed by atoms with Gasteiger partial charge >= 0.3 is 0 Å². The van der Waals surface area contributed by atoms with E-state index in [1.165, 1.54) is 144 Å². The van der Waals surface area contributed by atoms with Crippen LogP contribution in [0.4, 0.5) is 17.1 Å². The van der Waals surface area contributed by atoms with Crippen LogP contribution in [-0.2, 0) is 0 Å². The van der Waals surface area contributed by atoms with E-state index in [1.807, 2.05) is 34.4 Å². The standard InChI is InChI=1S/C72H43BN2S3/c1-3-16-44(17-4-1)51-24-15-25-52(45-18-5-2-6-19-45)72(51)75-63-40-48(46-32-36-67-57(38-46)55-22-9-13-28-65(55)76-67)30-34-59(63)73-60-35-31-49(47-33-37-68-58(39-47)56-23-10-14-29-66(56)77-68)41-69(60)78-70-43-50(42-64(75)71(70)73)74-61-26-11-7-20-53(61)54-21-8-12-27-62(54)74/h1-43H. The summed E-state index contributed by atoms with van der Waals surface area (Å²) in [6, 6.07) is 98.2. The van der Waals surface area contributed by atoms with E-state index in [1.54, 1.807) is 0 Å². The monoisotopic (exact) mass is 1040 g/mol. The molecule has 78 heavy (non-hydrogen) atoms. The first-order valence-electron chi connectivity index (χ1n) is 26.7. The van der Waals surface area contributed by atoms with Crippen LogP contribution < -0.4 is 21.3 Å². The Balaban J connectivity index is 0.968. The number of anilines is 3. The van der Waals surface area contributed by atoms with Crippen LogP contribution in [0.25, 0.3) is 112 Å². The Bertz CT molecular complexity index is 4860. The summed E-state index contributed by atoms with van der Waals surface area (Å²) in [5.41, 5.74) is 20.6. The largest absolute Gasteiger partial charge is 0.310 e. The maximum atomic E-state index is 2.66. The lowest BCUT2D eigenvalue weighted by molar-refractivity contribution is 1.15. The molecule has 2 aliphatic heterocycles. The van der Waals surface area contributed by atoms with E-state index in [2.05, 4.69) is 270 Å². The third-order valence-electron chi connectivity index (χ3n) is 16.4. The quantitative estimate of drug-likeness (QED) is 0.153. The fourth-order valence-corrected chi connectivity index (χ4v) is 16.4. The third-order valence-corrected chi connectivity index (χ3v) is 19.9. The molecule has 0 fully saturated rings. The third kappa shape index (κ3) is 6.70. The molecule has 15 aromatic rings. The molecule has 6 heteroatoms. The van der Waals surface area contributed by atoms with Crippen LogP contribution in [0.3, 0.4) is 0 Å². The second-order valence-electron chi connectivity index (χ2n) is 20.7. The molecule has 17 rings (SSSR count). The van der Waals surface area contributed by atoms with E-state index in [0.29, 0.717) is 0 Å². The van der Waals surface area contributed by atoms with Gasteiger partial charge in [-0.2, -0.15) is 0 Å². The van der Waals surface area contributed by atoms with E-state index < -0.39 is 0 Å². The van der Waals surface area contributed by atoms with Gasteiger partial charge in [0.15, 0.2) is 0 Å². The van der Waals surface area contributed by atoms with Crippen LogP contribution in [0.15, 0.2) is 271 Å². The SMILES string of the molecule is c1ccc(-c2cccc(-c3ccccc3)c2N2c3cc(-c4ccc5sc6ccccc6c5c4)ccc3B3c4ccc(-c5ccc6sc7ccccc7c6c5)cc4Sc4cc(-n5c6ccccc6c6ccccc65)cc2c43)cc1. The van der Waals surface area contributed by atoms with Gasteiger partial charge in [-0.3, -0.25) is 0 Å². The fourth-order valence-electron chi connectivity index (χ4n) is 13.0. The molecule has 0 unspecified atom stereocenters. The van der Waals surface area contributed by atoms with Gasteiger partial charge in [0.05, 0.1) is 16.7 Å². The maximum absolute atomic E-state index is 2.66. The summed E-state index contributed by atoms with van der Waals surface area (Å²) in [6.45, 7) is -0.0385. The Morgan fingerprint density at radius 1 is 0.308 bits per heavy atom. The Kier molecular flexibility index (Phi) is 9.82. The summed E-state index contributed by atoms with van der Waals surface area (Å²) in [7, 11) is 0. The zero-order valence-electron chi connectivity index (χ0n) is 42.0. The minimum absolute atomic E-state index is 0.0385. The van der Waals surface area contributed by atoms with Crippen LogP contribution in [0.5, 0.6) is 0 Å². The lowest BCUT2D eigenvalue weighted by atomic mass is 9.34. The van der Waals surface area contributed by atoms with Gasteiger partial charge in [-0.1, -0.05) is 205 Å². The van der Waals surface area contributed by atoms with Crippen LogP contribution in [-0.4, -0.2) is 11.3 Å². The van der Waals surface area contributed by atoms with Crippen LogP contribution in [0.2, 0.25) is 0 Å². The number of hydrogen-bond donors (Lipinski definition) is 0. The molecule has 0 saturated heterocycles. The number of hydrogen-bond acceptors (Lipinski definition) is 4. The van der Waals surface area contributed by atoms with Crippen molar-refractivity contribution >= 4 is 137 Å². The second kappa shape index (κ2) is 17.3. The van der Waals surface area contributed by atoms with Crippen LogP contribution in [0, 0.1) is 0 Å².